The summed E-state index contributed by atoms with van der Waals surface area (Å²) in [5, 5.41) is 3.31. The number of methoxy groups -OCH3 is 1. The maximum absolute atomic E-state index is 12.4. The highest BCUT2D eigenvalue weighted by atomic mass is 16.5. The maximum Gasteiger partial charge on any atom is 0.223 e. The van der Waals surface area contributed by atoms with Crippen LogP contribution in [0.1, 0.15) is 18.4 Å². The Labute approximate surface area is 120 Å². The summed E-state index contributed by atoms with van der Waals surface area (Å²) in [6, 6.07) is 3.90. The van der Waals surface area contributed by atoms with Gasteiger partial charge in [0.1, 0.15) is 0 Å². The second-order valence-corrected chi connectivity index (χ2v) is 5.23. The molecular weight excluding hydrogens is 254 g/mol. The van der Waals surface area contributed by atoms with Gasteiger partial charge in [0.2, 0.25) is 5.91 Å². The first-order chi connectivity index (χ1) is 9.79. The van der Waals surface area contributed by atoms with Gasteiger partial charge in [0.05, 0.1) is 6.61 Å². The lowest BCUT2D eigenvalue weighted by Crippen LogP contribution is -2.34. The topological polar surface area (TPSA) is 54.5 Å². The van der Waals surface area contributed by atoms with Crippen LogP contribution in [0.3, 0.4) is 0 Å². The van der Waals surface area contributed by atoms with E-state index in [4.69, 9.17) is 4.74 Å². The van der Waals surface area contributed by atoms with Crippen molar-refractivity contribution in [2.24, 2.45) is 5.92 Å². The molecular formula is C15H23N3O2. The van der Waals surface area contributed by atoms with Gasteiger partial charge < -0.3 is 15.0 Å². The molecule has 1 aliphatic rings. The van der Waals surface area contributed by atoms with E-state index in [-0.39, 0.29) is 5.91 Å². The maximum atomic E-state index is 12.4. The van der Waals surface area contributed by atoms with Crippen molar-refractivity contribution in [2.75, 3.05) is 33.4 Å². The third-order valence-corrected chi connectivity index (χ3v) is 3.67. The highest BCUT2D eigenvalue weighted by molar-refractivity contribution is 5.76. The van der Waals surface area contributed by atoms with Crippen LogP contribution in [0.2, 0.25) is 0 Å². The van der Waals surface area contributed by atoms with Crippen LogP contribution in [0.4, 0.5) is 0 Å². The number of hydrogen-bond donors (Lipinski definition) is 1. The van der Waals surface area contributed by atoms with E-state index < -0.39 is 0 Å². The Hall–Kier alpha value is -1.46. The monoisotopic (exact) mass is 277 g/mol. The van der Waals surface area contributed by atoms with Gasteiger partial charge in [0.25, 0.3) is 0 Å². The van der Waals surface area contributed by atoms with Crippen LogP contribution in [-0.4, -0.2) is 49.1 Å². The number of amides is 1. The molecule has 20 heavy (non-hydrogen) atoms. The summed E-state index contributed by atoms with van der Waals surface area (Å²) in [7, 11) is 1.66. The second-order valence-electron chi connectivity index (χ2n) is 5.23. The van der Waals surface area contributed by atoms with Gasteiger partial charge in [-0.05, 0) is 43.1 Å². The molecule has 110 valence electrons. The largest absolute Gasteiger partial charge is 0.383 e. The zero-order chi connectivity index (χ0) is 14.2. The predicted octanol–water partition coefficient (Wildman–Crippen LogP) is 1.06. The lowest BCUT2D eigenvalue weighted by molar-refractivity contribution is -0.133. The Balaban J connectivity index is 1.92. The molecule has 0 radical (unpaired) electrons. The molecule has 1 amide bonds. The van der Waals surface area contributed by atoms with E-state index in [1.807, 2.05) is 17.0 Å². The minimum Gasteiger partial charge on any atom is -0.383 e. The van der Waals surface area contributed by atoms with Gasteiger partial charge in [-0.25, -0.2) is 0 Å². The summed E-state index contributed by atoms with van der Waals surface area (Å²) >= 11 is 0. The predicted molar refractivity (Wildman–Crippen MR) is 77.1 cm³/mol. The summed E-state index contributed by atoms with van der Waals surface area (Å²) in [5.74, 6) is 0.692. The van der Waals surface area contributed by atoms with Crippen LogP contribution in [0, 0.1) is 5.92 Å². The molecule has 1 aromatic heterocycles. The van der Waals surface area contributed by atoms with Crippen molar-refractivity contribution in [3.63, 3.8) is 0 Å². The van der Waals surface area contributed by atoms with Crippen molar-refractivity contribution >= 4 is 5.91 Å². The molecule has 0 aliphatic carbocycles. The Morgan fingerprint density at radius 2 is 2.30 bits per heavy atom. The summed E-state index contributed by atoms with van der Waals surface area (Å²) < 4.78 is 5.11. The van der Waals surface area contributed by atoms with Crippen molar-refractivity contribution in [3.8, 4) is 0 Å². The first kappa shape index (κ1) is 14.9. The average molecular weight is 277 g/mol. The van der Waals surface area contributed by atoms with E-state index in [1.165, 1.54) is 0 Å². The summed E-state index contributed by atoms with van der Waals surface area (Å²) in [6.07, 6.45) is 5.24. The van der Waals surface area contributed by atoms with Crippen molar-refractivity contribution in [1.29, 1.82) is 0 Å². The number of carbonyl (C=O) groups is 1. The summed E-state index contributed by atoms with van der Waals surface area (Å²) in [6.45, 7) is 3.82. The van der Waals surface area contributed by atoms with Crippen LogP contribution in [0.15, 0.2) is 24.5 Å². The quantitative estimate of drug-likeness (QED) is 0.809. The molecule has 5 nitrogen and oxygen atoms in total. The number of pyridine rings is 1. The van der Waals surface area contributed by atoms with E-state index in [9.17, 15) is 4.79 Å². The zero-order valence-electron chi connectivity index (χ0n) is 12.0. The lowest BCUT2D eigenvalue weighted by atomic mass is 10.0. The molecule has 1 aromatic rings. The van der Waals surface area contributed by atoms with Gasteiger partial charge in [-0.3, -0.25) is 9.78 Å². The van der Waals surface area contributed by atoms with Crippen LogP contribution >= 0.6 is 0 Å². The number of nitrogens with zero attached hydrogens (tertiary/aromatic N) is 2. The first-order valence-electron chi connectivity index (χ1n) is 7.16. The number of nitrogens with one attached hydrogen (secondary N) is 1. The fourth-order valence-corrected chi connectivity index (χ4v) is 2.47. The van der Waals surface area contributed by atoms with Crippen molar-refractivity contribution in [2.45, 2.75) is 19.4 Å². The minimum atomic E-state index is 0.215. The average Bonchev–Trinajstić information content (AvgIpc) is 2.97. The standard InChI is InChI=1S/C15H23N3O2/c1-20-9-8-18(12-13-2-5-16-6-3-13)15(19)10-14-4-7-17-11-14/h2-3,5-6,14,17H,4,7-12H2,1H3/t14-/m0/s1. The van der Waals surface area contributed by atoms with Gasteiger partial charge in [-0.1, -0.05) is 0 Å². The van der Waals surface area contributed by atoms with Crippen LogP contribution in [0.25, 0.3) is 0 Å². The molecule has 2 rings (SSSR count). The molecule has 0 unspecified atom stereocenters. The molecule has 0 saturated carbocycles. The van der Waals surface area contributed by atoms with Crippen LogP contribution in [0.5, 0.6) is 0 Å². The number of hydrogen-bond acceptors (Lipinski definition) is 4. The van der Waals surface area contributed by atoms with Gasteiger partial charge >= 0.3 is 0 Å². The van der Waals surface area contributed by atoms with Crippen molar-refractivity contribution < 1.29 is 9.53 Å². The van der Waals surface area contributed by atoms with Gasteiger partial charge in [-0.2, -0.15) is 0 Å². The molecule has 0 aromatic carbocycles. The van der Waals surface area contributed by atoms with Crippen LogP contribution in [-0.2, 0) is 16.1 Å². The lowest BCUT2D eigenvalue weighted by Gasteiger charge is -2.24. The highest BCUT2D eigenvalue weighted by Gasteiger charge is 2.21. The van der Waals surface area contributed by atoms with E-state index in [2.05, 4.69) is 10.3 Å². The summed E-state index contributed by atoms with van der Waals surface area (Å²) in [5.41, 5.74) is 1.11. The zero-order valence-corrected chi connectivity index (χ0v) is 12.0. The summed E-state index contributed by atoms with van der Waals surface area (Å²) in [4.78, 5) is 18.3. The molecule has 2 heterocycles. The molecule has 1 fully saturated rings. The third kappa shape index (κ3) is 4.58. The number of rotatable bonds is 7. The van der Waals surface area contributed by atoms with Gasteiger partial charge in [-0.15, -0.1) is 0 Å². The smallest absolute Gasteiger partial charge is 0.223 e. The molecule has 5 heteroatoms. The third-order valence-electron chi connectivity index (χ3n) is 3.67. The Morgan fingerprint density at radius 1 is 1.50 bits per heavy atom. The number of carbonyl (C=O) groups excluding carboxylic acids is 1. The number of ether oxygens (including phenoxy) is 1. The Bertz CT molecular complexity index is 405. The normalized spacial score (nSPS) is 18.1. The molecule has 0 spiro atoms. The van der Waals surface area contributed by atoms with Crippen LogP contribution < -0.4 is 5.32 Å². The molecule has 1 atom stereocenters. The first-order valence-corrected chi connectivity index (χ1v) is 7.16. The fraction of sp³-hybridized carbons (Fsp3) is 0.600. The Kier molecular flexibility index (Phi) is 5.95. The molecule has 1 N–H and O–H groups in total. The Morgan fingerprint density at radius 3 is 2.95 bits per heavy atom. The molecule has 1 aliphatic heterocycles. The second kappa shape index (κ2) is 7.97. The van der Waals surface area contributed by atoms with Gasteiger partial charge in [0.15, 0.2) is 0 Å². The van der Waals surface area contributed by atoms with E-state index in [0.717, 1.165) is 25.1 Å². The van der Waals surface area contributed by atoms with Crippen molar-refractivity contribution in [1.82, 2.24) is 15.2 Å². The van der Waals surface area contributed by atoms with E-state index >= 15 is 0 Å². The minimum absolute atomic E-state index is 0.215. The SMILES string of the molecule is COCCN(Cc1ccncc1)C(=O)C[C@@H]1CCNC1. The van der Waals surface area contributed by atoms with Crippen molar-refractivity contribution in [3.05, 3.63) is 30.1 Å². The van der Waals surface area contributed by atoms with E-state index in [1.54, 1.807) is 19.5 Å². The highest BCUT2D eigenvalue weighted by Crippen LogP contribution is 2.15. The van der Waals surface area contributed by atoms with E-state index in [0.29, 0.717) is 32.0 Å². The number of aromatic nitrogens is 1. The fourth-order valence-electron chi connectivity index (χ4n) is 2.47. The van der Waals surface area contributed by atoms with Gasteiger partial charge in [0, 0.05) is 39.0 Å². The molecule has 0 bridgehead atoms. The molecule has 1 saturated heterocycles.